The van der Waals surface area contributed by atoms with E-state index in [2.05, 4.69) is 20.9 Å². The minimum absolute atomic E-state index is 0. The lowest BCUT2D eigenvalue weighted by molar-refractivity contribution is 0.0951. The standard InChI is InChI=1S/C18H31N5O2.HI/c1-19-18(21-9-6-12-25-4)22-14-15-7-5-8-16(13-15)17(24)20-10-11-23(2)3;/h5,7-8,13H,6,9-12,14H2,1-4H3,(H,20,24)(H2,19,21,22);1H. The van der Waals surface area contributed by atoms with E-state index in [1.54, 1.807) is 14.2 Å². The van der Waals surface area contributed by atoms with Crippen LogP contribution in [0.1, 0.15) is 22.3 Å². The summed E-state index contributed by atoms with van der Waals surface area (Å²) in [5, 5.41) is 9.40. The number of nitrogens with one attached hydrogen (secondary N) is 3. The lowest BCUT2D eigenvalue weighted by atomic mass is 10.1. The van der Waals surface area contributed by atoms with Gasteiger partial charge in [0.2, 0.25) is 0 Å². The summed E-state index contributed by atoms with van der Waals surface area (Å²) in [6, 6.07) is 7.61. The Balaban J connectivity index is 0.00000625. The van der Waals surface area contributed by atoms with Crippen molar-refractivity contribution in [1.82, 2.24) is 20.9 Å². The van der Waals surface area contributed by atoms with Crippen LogP contribution in [0.15, 0.2) is 29.3 Å². The maximum atomic E-state index is 12.2. The zero-order valence-electron chi connectivity index (χ0n) is 16.2. The number of guanidine groups is 1. The number of amides is 1. The zero-order chi connectivity index (χ0) is 18.5. The molecular formula is C18H32IN5O2. The number of carbonyl (C=O) groups is 1. The van der Waals surface area contributed by atoms with Gasteiger partial charge in [-0.3, -0.25) is 9.79 Å². The summed E-state index contributed by atoms with van der Waals surface area (Å²) in [7, 11) is 7.39. The molecule has 0 aliphatic heterocycles. The van der Waals surface area contributed by atoms with Gasteiger partial charge < -0.3 is 25.6 Å². The van der Waals surface area contributed by atoms with Crippen LogP contribution in [-0.4, -0.2) is 71.3 Å². The third-order valence-electron chi connectivity index (χ3n) is 3.53. The minimum Gasteiger partial charge on any atom is -0.385 e. The highest BCUT2D eigenvalue weighted by molar-refractivity contribution is 14.0. The predicted molar refractivity (Wildman–Crippen MR) is 117 cm³/mol. The monoisotopic (exact) mass is 477 g/mol. The number of ether oxygens (including phenoxy) is 1. The number of hydrogen-bond donors (Lipinski definition) is 3. The van der Waals surface area contributed by atoms with Crippen molar-refractivity contribution in [3.63, 3.8) is 0 Å². The number of halogens is 1. The highest BCUT2D eigenvalue weighted by Gasteiger charge is 2.06. The fourth-order valence-electron chi connectivity index (χ4n) is 2.15. The molecule has 0 aromatic heterocycles. The number of nitrogens with zero attached hydrogens (tertiary/aromatic N) is 2. The molecule has 0 saturated carbocycles. The van der Waals surface area contributed by atoms with Crippen LogP contribution in [0.2, 0.25) is 0 Å². The first kappa shape index (κ1) is 24.6. The molecule has 0 bridgehead atoms. The molecule has 0 atom stereocenters. The van der Waals surface area contributed by atoms with Gasteiger partial charge in [0.05, 0.1) is 0 Å². The molecule has 0 aliphatic carbocycles. The van der Waals surface area contributed by atoms with Gasteiger partial charge in [-0.1, -0.05) is 12.1 Å². The third kappa shape index (κ3) is 10.6. The second-order valence-electron chi connectivity index (χ2n) is 5.96. The van der Waals surface area contributed by atoms with Crippen LogP contribution in [0.4, 0.5) is 0 Å². The molecule has 3 N–H and O–H groups in total. The highest BCUT2D eigenvalue weighted by Crippen LogP contribution is 2.05. The van der Waals surface area contributed by atoms with Gasteiger partial charge in [0.15, 0.2) is 5.96 Å². The van der Waals surface area contributed by atoms with Crippen LogP contribution in [0, 0.1) is 0 Å². The predicted octanol–water partition coefficient (Wildman–Crippen LogP) is 1.30. The molecular weight excluding hydrogens is 445 g/mol. The van der Waals surface area contributed by atoms with Gasteiger partial charge in [-0.25, -0.2) is 0 Å². The number of carbonyl (C=O) groups excluding carboxylic acids is 1. The number of methoxy groups -OCH3 is 1. The van der Waals surface area contributed by atoms with Crippen molar-refractivity contribution < 1.29 is 9.53 Å². The number of likely N-dealkylation sites (N-methyl/N-ethyl adjacent to an activating group) is 1. The van der Waals surface area contributed by atoms with Crippen molar-refractivity contribution in [2.45, 2.75) is 13.0 Å². The van der Waals surface area contributed by atoms with Gasteiger partial charge in [-0.15, -0.1) is 24.0 Å². The molecule has 0 fully saturated rings. The van der Waals surface area contributed by atoms with E-state index in [0.717, 1.165) is 37.6 Å². The molecule has 0 heterocycles. The Bertz CT molecular complexity index is 552. The summed E-state index contributed by atoms with van der Waals surface area (Å²) in [6.07, 6.45) is 0.916. The topological polar surface area (TPSA) is 78.0 Å². The Labute approximate surface area is 174 Å². The second-order valence-corrected chi connectivity index (χ2v) is 5.96. The van der Waals surface area contributed by atoms with Crippen molar-refractivity contribution >= 4 is 35.8 Å². The number of aliphatic imine (C=N–C) groups is 1. The Morgan fingerprint density at radius 2 is 1.96 bits per heavy atom. The molecule has 1 amide bonds. The molecule has 148 valence electrons. The summed E-state index contributed by atoms with van der Waals surface area (Å²) < 4.78 is 5.02. The molecule has 1 aromatic rings. The molecule has 0 aliphatic rings. The molecule has 0 spiro atoms. The van der Waals surface area contributed by atoms with E-state index in [4.69, 9.17) is 4.74 Å². The van der Waals surface area contributed by atoms with E-state index < -0.39 is 0 Å². The average molecular weight is 477 g/mol. The minimum atomic E-state index is -0.0502. The number of hydrogen-bond acceptors (Lipinski definition) is 4. The van der Waals surface area contributed by atoms with Gasteiger partial charge in [0.25, 0.3) is 5.91 Å². The SMILES string of the molecule is CN=C(NCCCOC)NCc1cccc(C(=O)NCCN(C)C)c1.I. The van der Waals surface area contributed by atoms with E-state index in [9.17, 15) is 4.79 Å². The van der Waals surface area contributed by atoms with E-state index in [1.807, 2.05) is 43.3 Å². The third-order valence-corrected chi connectivity index (χ3v) is 3.53. The van der Waals surface area contributed by atoms with E-state index in [1.165, 1.54) is 0 Å². The molecule has 0 saturated heterocycles. The van der Waals surface area contributed by atoms with E-state index in [-0.39, 0.29) is 29.9 Å². The average Bonchev–Trinajstić information content (AvgIpc) is 2.61. The molecule has 0 radical (unpaired) electrons. The molecule has 8 heteroatoms. The van der Waals surface area contributed by atoms with Gasteiger partial charge in [0.1, 0.15) is 0 Å². The van der Waals surface area contributed by atoms with Gasteiger partial charge in [-0.05, 0) is 38.2 Å². The normalized spacial score (nSPS) is 11.0. The van der Waals surface area contributed by atoms with Crippen LogP contribution < -0.4 is 16.0 Å². The van der Waals surface area contributed by atoms with Crippen LogP contribution in [0.5, 0.6) is 0 Å². The smallest absolute Gasteiger partial charge is 0.251 e. The molecule has 1 aromatic carbocycles. The Morgan fingerprint density at radius 1 is 1.19 bits per heavy atom. The van der Waals surface area contributed by atoms with Crippen molar-refractivity contribution in [2.75, 3.05) is 54.5 Å². The first-order valence-corrected chi connectivity index (χ1v) is 8.52. The summed E-state index contributed by atoms with van der Waals surface area (Å²) >= 11 is 0. The highest BCUT2D eigenvalue weighted by atomic mass is 127. The van der Waals surface area contributed by atoms with E-state index >= 15 is 0 Å². The van der Waals surface area contributed by atoms with Gasteiger partial charge >= 0.3 is 0 Å². The lowest BCUT2D eigenvalue weighted by Gasteiger charge is -2.13. The quantitative estimate of drug-likeness (QED) is 0.205. The zero-order valence-corrected chi connectivity index (χ0v) is 18.5. The van der Waals surface area contributed by atoms with Gasteiger partial charge in [-0.2, -0.15) is 0 Å². The Hall–Kier alpha value is -1.39. The van der Waals surface area contributed by atoms with Crippen LogP contribution in [-0.2, 0) is 11.3 Å². The van der Waals surface area contributed by atoms with Gasteiger partial charge in [0, 0.05) is 52.5 Å². The lowest BCUT2D eigenvalue weighted by Crippen LogP contribution is -2.37. The number of rotatable bonds is 10. The van der Waals surface area contributed by atoms with Crippen molar-refractivity contribution in [2.24, 2.45) is 4.99 Å². The fraction of sp³-hybridized carbons (Fsp3) is 0.556. The summed E-state index contributed by atoms with van der Waals surface area (Å²) in [5.41, 5.74) is 1.70. The molecule has 1 rings (SSSR count). The summed E-state index contributed by atoms with van der Waals surface area (Å²) in [6.45, 7) is 3.56. The largest absolute Gasteiger partial charge is 0.385 e. The number of benzene rings is 1. The first-order valence-electron chi connectivity index (χ1n) is 8.52. The second kappa shape index (κ2) is 14.7. The summed E-state index contributed by atoms with van der Waals surface area (Å²) in [4.78, 5) is 18.4. The Morgan fingerprint density at radius 3 is 2.62 bits per heavy atom. The molecule has 26 heavy (non-hydrogen) atoms. The fourth-order valence-corrected chi connectivity index (χ4v) is 2.15. The van der Waals surface area contributed by atoms with Crippen molar-refractivity contribution in [3.8, 4) is 0 Å². The maximum absolute atomic E-state index is 12.2. The van der Waals surface area contributed by atoms with Crippen LogP contribution >= 0.6 is 24.0 Å². The maximum Gasteiger partial charge on any atom is 0.251 e. The summed E-state index contributed by atoms with van der Waals surface area (Å²) in [5.74, 6) is 0.683. The Kier molecular flexibility index (Phi) is 14.0. The first-order chi connectivity index (χ1) is 12.1. The molecule has 0 unspecified atom stereocenters. The van der Waals surface area contributed by atoms with Crippen LogP contribution in [0.3, 0.4) is 0 Å². The van der Waals surface area contributed by atoms with E-state index in [0.29, 0.717) is 18.7 Å². The van der Waals surface area contributed by atoms with Crippen molar-refractivity contribution in [3.05, 3.63) is 35.4 Å². The van der Waals surface area contributed by atoms with Crippen LogP contribution in [0.25, 0.3) is 0 Å². The van der Waals surface area contributed by atoms with Crippen molar-refractivity contribution in [1.29, 1.82) is 0 Å². The molecule has 7 nitrogen and oxygen atoms in total.